The van der Waals surface area contributed by atoms with E-state index in [2.05, 4.69) is 17.1 Å². The molecule has 1 amide bonds. The Morgan fingerprint density at radius 2 is 1.78 bits per heavy atom. The highest BCUT2D eigenvalue weighted by molar-refractivity contribution is 6.08. The third kappa shape index (κ3) is 5.17. The van der Waals surface area contributed by atoms with Crippen molar-refractivity contribution in [3.63, 3.8) is 0 Å². The van der Waals surface area contributed by atoms with Crippen LogP contribution in [0.5, 0.6) is 5.75 Å². The molecule has 1 N–H and O–H groups in total. The zero-order valence-electron chi connectivity index (χ0n) is 15.7. The van der Waals surface area contributed by atoms with E-state index >= 15 is 0 Å². The minimum absolute atomic E-state index is 0.0230. The summed E-state index contributed by atoms with van der Waals surface area (Å²) in [4.78, 5) is 26.8. The summed E-state index contributed by atoms with van der Waals surface area (Å²) in [5.41, 5.74) is 1.25. The van der Waals surface area contributed by atoms with Crippen LogP contribution in [0.4, 0.5) is 0 Å². The van der Waals surface area contributed by atoms with Gasteiger partial charge in [-0.05, 0) is 50.2 Å². The predicted octanol–water partition coefficient (Wildman–Crippen LogP) is 2.90. The standard InChI is InChI=1S/C22H26N2O3/c1-2-24-14-6-9-19(24)15-23-21(25)16-27-20-12-10-18(11-13-20)22(26)17-7-4-3-5-8-17/h3-5,7-8,10-13,19H,2,6,9,14-16H2,1H3,(H,23,25)/t19-/m0/s1. The lowest BCUT2D eigenvalue weighted by Gasteiger charge is -2.22. The van der Waals surface area contributed by atoms with Crippen LogP contribution < -0.4 is 10.1 Å². The summed E-state index contributed by atoms with van der Waals surface area (Å²) in [6.07, 6.45) is 2.32. The maximum Gasteiger partial charge on any atom is 0.257 e. The van der Waals surface area contributed by atoms with Gasteiger partial charge in [-0.15, -0.1) is 0 Å². The third-order valence-corrected chi connectivity index (χ3v) is 4.96. The van der Waals surface area contributed by atoms with Gasteiger partial charge < -0.3 is 10.1 Å². The number of rotatable bonds is 8. The minimum Gasteiger partial charge on any atom is -0.484 e. The fourth-order valence-corrected chi connectivity index (χ4v) is 3.43. The molecule has 27 heavy (non-hydrogen) atoms. The number of ketones is 1. The maximum atomic E-state index is 12.4. The first-order valence-corrected chi connectivity index (χ1v) is 9.50. The van der Waals surface area contributed by atoms with E-state index in [1.54, 1.807) is 36.4 Å². The summed E-state index contributed by atoms with van der Waals surface area (Å²) in [5.74, 6) is 0.421. The van der Waals surface area contributed by atoms with Crippen LogP contribution in [0.25, 0.3) is 0 Å². The van der Waals surface area contributed by atoms with Crippen molar-refractivity contribution in [3.05, 3.63) is 65.7 Å². The van der Waals surface area contributed by atoms with Gasteiger partial charge in [-0.2, -0.15) is 0 Å². The van der Waals surface area contributed by atoms with Gasteiger partial charge in [-0.3, -0.25) is 14.5 Å². The molecular formula is C22H26N2O3. The van der Waals surface area contributed by atoms with Crippen LogP contribution in [-0.2, 0) is 4.79 Å². The highest BCUT2D eigenvalue weighted by atomic mass is 16.5. The molecule has 1 aliphatic heterocycles. The molecule has 0 unspecified atom stereocenters. The Hall–Kier alpha value is -2.66. The van der Waals surface area contributed by atoms with Crippen molar-refractivity contribution in [3.8, 4) is 5.75 Å². The second-order valence-corrected chi connectivity index (χ2v) is 6.74. The van der Waals surface area contributed by atoms with Crippen LogP contribution >= 0.6 is 0 Å². The topological polar surface area (TPSA) is 58.6 Å². The lowest BCUT2D eigenvalue weighted by Crippen LogP contribution is -2.41. The highest BCUT2D eigenvalue weighted by Gasteiger charge is 2.23. The van der Waals surface area contributed by atoms with Crippen molar-refractivity contribution in [2.45, 2.75) is 25.8 Å². The first kappa shape index (κ1) is 19.1. The number of likely N-dealkylation sites (tertiary alicyclic amines) is 1. The summed E-state index contributed by atoms with van der Waals surface area (Å²) in [6.45, 7) is 4.92. The molecule has 0 aliphatic carbocycles. The Labute approximate surface area is 160 Å². The van der Waals surface area contributed by atoms with E-state index in [0.29, 0.717) is 29.5 Å². The zero-order valence-corrected chi connectivity index (χ0v) is 15.7. The summed E-state index contributed by atoms with van der Waals surface area (Å²) >= 11 is 0. The van der Waals surface area contributed by atoms with Crippen LogP contribution in [0.3, 0.4) is 0 Å². The minimum atomic E-state index is -0.123. The van der Waals surface area contributed by atoms with Gasteiger partial charge in [0.1, 0.15) is 5.75 Å². The average Bonchev–Trinajstić information content (AvgIpc) is 3.19. The molecule has 0 spiro atoms. The first-order valence-electron chi connectivity index (χ1n) is 9.50. The van der Waals surface area contributed by atoms with Gasteiger partial charge in [0.05, 0.1) is 0 Å². The summed E-state index contributed by atoms with van der Waals surface area (Å²) in [7, 11) is 0. The SMILES string of the molecule is CCN1CCC[C@H]1CNC(=O)COc1ccc(C(=O)c2ccccc2)cc1. The zero-order chi connectivity index (χ0) is 19.1. The van der Waals surface area contributed by atoms with Gasteiger partial charge in [0.2, 0.25) is 0 Å². The average molecular weight is 366 g/mol. The number of hydrogen-bond acceptors (Lipinski definition) is 4. The lowest BCUT2D eigenvalue weighted by atomic mass is 10.0. The molecule has 142 valence electrons. The largest absolute Gasteiger partial charge is 0.484 e. The number of nitrogens with one attached hydrogen (secondary N) is 1. The summed E-state index contributed by atoms with van der Waals surface area (Å²) in [5, 5.41) is 2.95. The Balaban J connectivity index is 1.46. The molecule has 1 heterocycles. The molecule has 3 rings (SSSR count). The molecule has 0 saturated carbocycles. The van der Waals surface area contributed by atoms with Crippen LogP contribution in [0, 0.1) is 0 Å². The predicted molar refractivity (Wildman–Crippen MR) is 105 cm³/mol. The molecule has 1 aliphatic rings. The Kier molecular flexibility index (Phi) is 6.60. The molecule has 2 aromatic rings. The monoisotopic (exact) mass is 366 g/mol. The van der Waals surface area contributed by atoms with Crippen LogP contribution in [0.1, 0.15) is 35.7 Å². The molecule has 0 bridgehead atoms. The first-order chi connectivity index (χ1) is 13.2. The number of ether oxygens (including phenoxy) is 1. The number of carbonyl (C=O) groups excluding carboxylic acids is 2. The van der Waals surface area contributed by atoms with E-state index in [1.165, 1.54) is 6.42 Å². The van der Waals surface area contributed by atoms with Crippen LogP contribution in [0.2, 0.25) is 0 Å². The normalized spacial score (nSPS) is 16.9. The molecule has 1 saturated heterocycles. The summed E-state index contributed by atoms with van der Waals surface area (Å²) < 4.78 is 5.54. The third-order valence-electron chi connectivity index (χ3n) is 4.96. The Bertz CT molecular complexity index is 759. The van der Waals surface area contributed by atoms with Crippen molar-refractivity contribution < 1.29 is 14.3 Å². The van der Waals surface area contributed by atoms with E-state index in [9.17, 15) is 9.59 Å². The molecular weight excluding hydrogens is 340 g/mol. The molecule has 5 nitrogen and oxygen atoms in total. The Morgan fingerprint density at radius 1 is 1.07 bits per heavy atom. The molecule has 1 fully saturated rings. The summed E-state index contributed by atoms with van der Waals surface area (Å²) in [6, 6.07) is 16.5. The van der Waals surface area contributed by atoms with Gasteiger partial charge in [0, 0.05) is 23.7 Å². The molecule has 2 aromatic carbocycles. The van der Waals surface area contributed by atoms with Crippen molar-refractivity contribution >= 4 is 11.7 Å². The molecule has 5 heteroatoms. The second-order valence-electron chi connectivity index (χ2n) is 6.74. The van der Waals surface area contributed by atoms with Crippen LogP contribution in [-0.4, -0.2) is 48.9 Å². The van der Waals surface area contributed by atoms with E-state index in [4.69, 9.17) is 4.74 Å². The maximum absolute atomic E-state index is 12.4. The second kappa shape index (κ2) is 9.33. The smallest absolute Gasteiger partial charge is 0.257 e. The van der Waals surface area contributed by atoms with E-state index in [0.717, 1.165) is 19.5 Å². The number of hydrogen-bond donors (Lipinski definition) is 1. The number of benzene rings is 2. The fraction of sp³-hybridized carbons (Fsp3) is 0.364. The van der Waals surface area contributed by atoms with Gasteiger partial charge in [0.15, 0.2) is 12.4 Å². The highest BCUT2D eigenvalue weighted by Crippen LogP contribution is 2.16. The quantitative estimate of drug-likeness (QED) is 0.730. The van der Waals surface area contributed by atoms with Crippen molar-refractivity contribution in [1.29, 1.82) is 0 Å². The molecule has 0 aromatic heterocycles. The number of carbonyl (C=O) groups is 2. The number of likely N-dealkylation sites (N-methyl/N-ethyl adjacent to an activating group) is 1. The van der Waals surface area contributed by atoms with Crippen LogP contribution in [0.15, 0.2) is 54.6 Å². The van der Waals surface area contributed by atoms with Gasteiger partial charge in [0.25, 0.3) is 5.91 Å². The van der Waals surface area contributed by atoms with E-state index in [-0.39, 0.29) is 18.3 Å². The van der Waals surface area contributed by atoms with E-state index in [1.807, 2.05) is 18.2 Å². The van der Waals surface area contributed by atoms with E-state index < -0.39 is 0 Å². The van der Waals surface area contributed by atoms with Crippen molar-refractivity contribution in [2.24, 2.45) is 0 Å². The molecule has 1 atom stereocenters. The molecule has 0 radical (unpaired) electrons. The fourth-order valence-electron chi connectivity index (χ4n) is 3.43. The number of nitrogens with zero attached hydrogens (tertiary/aromatic N) is 1. The van der Waals surface area contributed by atoms with Gasteiger partial charge in [-0.25, -0.2) is 0 Å². The lowest BCUT2D eigenvalue weighted by molar-refractivity contribution is -0.123. The van der Waals surface area contributed by atoms with Crippen molar-refractivity contribution in [2.75, 3.05) is 26.2 Å². The van der Waals surface area contributed by atoms with Gasteiger partial charge in [-0.1, -0.05) is 37.3 Å². The Morgan fingerprint density at radius 3 is 2.48 bits per heavy atom. The van der Waals surface area contributed by atoms with Crippen molar-refractivity contribution in [1.82, 2.24) is 10.2 Å². The van der Waals surface area contributed by atoms with Gasteiger partial charge >= 0.3 is 0 Å². The number of amides is 1.